The van der Waals surface area contributed by atoms with Crippen LogP contribution in [0.3, 0.4) is 0 Å². The number of nitrogens with zero attached hydrogens (tertiary/aromatic N) is 4. The number of imide groups is 1. The third kappa shape index (κ3) is 3.56. The smallest absolute Gasteiger partial charge is 0.287 e. The van der Waals surface area contributed by atoms with Gasteiger partial charge in [0.15, 0.2) is 0 Å². The SMILES string of the molecule is O=C1c2ccccc2C(=O)N1N=Cc1ccc(Oc2ccc([N+](=O)[O-])cn2)cc1. The molecule has 9 heteroatoms. The standard InChI is InChI=1S/C20H12N4O5/c25-19-16-3-1-2-4-17(16)20(26)23(19)22-11-13-5-8-15(9-6-13)29-18-10-7-14(12-21-18)24(27)28/h1-12H. The van der Waals surface area contributed by atoms with Gasteiger partial charge in [0.05, 0.1) is 22.3 Å². The van der Waals surface area contributed by atoms with Gasteiger partial charge in [-0.2, -0.15) is 10.1 Å². The molecular weight excluding hydrogens is 376 g/mol. The average Bonchev–Trinajstić information content (AvgIpc) is 2.98. The highest BCUT2D eigenvalue weighted by molar-refractivity contribution is 6.21. The van der Waals surface area contributed by atoms with Crippen LogP contribution in [0, 0.1) is 10.1 Å². The predicted molar refractivity (Wildman–Crippen MR) is 102 cm³/mol. The summed E-state index contributed by atoms with van der Waals surface area (Å²) in [5, 5.41) is 15.5. The van der Waals surface area contributed by atoms with Crippen LogP contribution < -0.4 is 4.74 Å². The van der Waals surface area contributed by atoms with Crippen LogP contribution in [0.4, 0.5) is 5.69 Å². The highest BCUT2D eigenvalue weighted by Crippen LogP contribution is 2.23. The summed E-state index contributed by atoms with van der Waals surface area (Å²) in [7, 11) is 0. The van der Waals surface area contributed by atoms with E-state index in [4.69, 9.17) is 4.74 Å². The van der Waals surface area contributed by atoms with Gasteiger partial charge in [-0.15, -0.1) is 0 Å². The quantitative estimate of drug-likeness (QED) is 0.286. The Kier molecular flexibility index (Phi) is 4.54. The number of hydrazone groups is 1. The molecule has 0 N–H and O–H groups in total. The normalized spacial score (nSPS) is 13.0. The summed E-state index contributed by atoms with van der Waals surface area (Å²) in [6.45, 7) is 0. The van der Waals surface area contributed by atoms with Crippen LogP contribution >= 0.6 is 0 Å². The van der Waals surface area contributed by atoms with Crippen molar-refractivity contribution in [2.75, 3.05) is 0 Å². The van der Waals surface area contributed by atoms with E-state index in [0.717, 1.165) is 11.2 Å². The van der Waals surface area contributed by atoms with Crippen molar-refractivity contribution in [1.82, 2.24) is 9.99 Å². The van der Waals surface area contributed by atoms with Crippen LogP contribution in [-0.4, -0.2) is 32.9 Å². The van der Waals surface area contributed by atoms with Gasteiger partial charge in [0.25, 0.3) is 17.5 Å². The summed E-state index contributed by atoms with van der Waals surface area (Å²) in [4.78, 5) is 38.5. The van der Waals surface area contributed by atoms with E-state index >= 15 is 0 Å². The van der Waals surface area contributed by atoms with E-state index in [1.807, 2.05) is 0 Å². The average molecular weight is 388 g/mol. The molecule has 0 radical (unpaired) electrons. The van der Waals surface area contributed by atoms with Crippen LogP contribution in [0.15, 0.2) is 72.0 Å². The first kappa shape index (κ1) is 18.0. The maximum atomic E-state index is 12.3. The number of ether oxygens (including phenoxy) is 1. The number of rotatable bonds is 5. The number of nitro groups is 1. The zero-order chi connectivity index (χ0) is 20.4. The number of hydrogen-bond donors (Lipinski definition) is 0. The van der Waals surface area contributed by atoms with Gasteiger partial charge in [0, 0.05) is 12.1 Å². The summed E-state index contributed by atoms with van der Waals surface area (Å²) in [5.74, 6) is -0.260. The molecule has 1 aromatic heterocycles. The van der Waals surface area contributed by atoms with Crippen molar-refractivity contribution in [3.05, 3.63) is 93.7 Å². The fourth-order valence-electron chi connectivity index (χ4n) is 2.69. The molecule has 0 saturated carbocycles. The molecule has 0 atom stereocenters. The molecule has 0 bridgehead atoms. The van der Waals surface area contributed by atoms with E-state index in [1.165, 1.54) is 18.3 Å². The van der Waals surface area contributed by atoms with Gasteiger partial charge >= 0.3 is 0 Å². The summed E-state index contributed by atoms with van der Waals surface area (Å²) < 4.78 is 5.53. The molecule has 0 fully saturated rings. The first-order valence-electron chi connectivity index (χ1n) is 8.43. The molecule has 3 aromatic rings. The zero-order valence-electron chi connectivity index (χ0n) is 14.8. The number of carbonyl (C=O) groups excluding carboxylic acids is 2. The van der Waals surface area contributed by atoms with Gasteiger partial charge in [-0.05, 0) is 42.0 Å². The highest BCUT2D eigenvalue weighted by atomic mass is 16.6. The Morgan fingerprint density at radius 1 is 0.966 bits per heavy atom. The minimum Gasteiger partial charge on any atom is -0.439 e. The van der Waals surface area contributed by atoms with Crippen molar-refractivity contribution in [1.29, 1.82) is 0 Å². The number of benzene rings is 2. The lowest BCUT2D eigenvalue weighted by atomic mass is 10.1. The molecule has 1 aliphatic rings. The van der Waals surface area contributed by atoms with Crippen molar-refractivity contribution < 1.29 is 19.2 Å². The Balaban J connectivity index is 1.44. The minimum absolute atomic E-state index is 0.128. The number of carbonyl (C=O) groups is 2. The molecule has 0 spiro atoms. The second kappa shape index (κ2) is 7.31. The van der Waals surface area contributed by atoms with Gasteiger partial charge in [-0.3, -0.25) is 19.7 Å². The second-order valence-corrected chi connectivity index (χ2v) is 6.00. The minimum atomic E-state index is -0.542. The van der Waals surface area contributed by atoms with Crippen molar-refractivity contribution in [2.24, 2.45) is 5.10 Å². The zero-order valence-corrected chi connectivity index (χ0v) is 14.8. The highest BCUT2D eigenvalue weighted by Gasteiger charge is 2.35. The number of fused-ring (bicyclic) bond motifs is 1. The summed E-state index contributed by atoms with van der Waals surface area (Å²) >= 11 is 0. The molecule has 9 nitrogen and oxygen atoms in total. The molecule has 29 heavy (non-hydrogen) atoms. The molecule has 1 aliphatic heterocycles. The Hall–Kier alpha value is -4.40. The van der Waals surface area contributed by atoms with Crippen LogP contribution in [-0.2, 0) is 0 Å². The Labute approximate surface area is 164 Å². The maximum absolute atomic E-state index is 12.3. The number of hydrogen-bond acceptors (Lipinski definition) is 7. The molecule has 0 unspecified atom stereocenters. The molecule has 2 amide bonds. The summed E-state index contributed by atoms with van der Waals surface area (Å²) in [6, 6.07) is 15.9. The van der Waals surface area contributed by atoms with Crippen LogP contribution in [0.2, 0.25) is 0 Å². The lowest BCUT2D eigenvalue weighted by Gasteiger charge is -2.06. The molecule has 142 valence electrons. The predicted octanol–water partition coefficient (Wildman–Crippen LogP) is 3.41. The lowest BCUT2D eigenvalue weighted by Crippen LogP contribution is -2.23. The van der Waals surface area contributed by atoms with E-state index in [1.54, 1.807) is 48.5 Å². The van der Waals surface area contributed by atoms with Crippen molar-refractivity contribution in [2.45, 2.75) is 0 Å². The lowest BCUT2D eigenvalue weighted by molar-refractivity contribution is -0.385. The molecule has 2 aromatic carbocycles. The van der Waals surface area contributed by atoms with Crippen LogP contribution in [0.5, 0.6) is 11.6 Å². The van der Waals surface area contributed by atoms with Gasteiger partial charge < -0.3 is 4.74 Å². The van der Waals surface area contributed by atoms with Crippen molar-refractivity contribution >= 4 is 23.7 Å². The van der Waals surface area contributed by atoms with Gasteiger partial charge in [-0.1, -0.05) is 12.1 Å². The molecule has 2 heterocycles. The second-order valence-electron chi connectivity index (χ2n) is 6.00. The van der Waals surface area contributed by atoms with Crippen LogP contribution in [0.1, 0.15) is 26.3 Å². The van der Waals surface area contributed by atoms with Crippen molar-refractivity contribution in [3.63, 3.8) is 0 Å². The molecule has 0 aliphatic carbocycles. The summed E-state index contributed by atoms with van der Waals surface area (Å²) in [6.07, 6.45) is 2.51. The third-order valence-corrected chi connectivity index (χ3v) is 4.13. The first-order chi connectivity index (χ1) is 14.0. The van der Waals surface area contributed by atoms with E-state index in [9.17, 15) is 19.7 Å². The summed E-state index contributed by atoms with van der Waals surface area (Å²) in [5.41, 5.74) is 1.17. The number of pyridine rings is 1. The van der Waals surface area contributed by atoms with E-state index in [0.29, 0.717) is 22.4 Å². The molecule has 4 rings (SSSR count). The molecule has 0 saturated heterocycles. The first-order valence-corrected chi connectivity index (χ1v) is 8.43. The Bertz CT molecular complexity index is 1110. The van der Waals surface area contributed by atoms with Crippen molar-refractivity contribution in [3.8, 4) is 11.6 Å². The number of amides is 2. The number of aromatic nitrogens is 1. The maximum Gasteiger partial charge on any atom is 0.287 e. The van der Waals surface area contributed by atoms with E-state index in [-0.39, 0.29) is 11.6 Å². The van der Waals surface area contributed by atoms with E-state index < -0.39 is 16.7 Å². The Morgan fingerprint density at radius 3 is 2.17 bits per heavy atom. The molecular formula is C20H12N4O5. The largest absolute Gasteiger partial charge is 0.439 e. The monoisotopic (exact) mass is 388 g/mol. The fourth-order valence-corrected chi connectivity index (χ4v) is 2.69. The topological polar surface area (TPSA) is 115 Å². The fraction of sp³-hybridized carbons (Fsp3) is 0. The van der Waals surface area contributed by atoms with Crippen LogP contribution in [0.25, 0.3) is 0 Å². The van der Waals surface area contributed by atoms with Gasteiger partial charge in [0.2, 0.25) is 5.88 Å². The third-order valence-electron chi connectivity index (χ3n) is 4.13. The van der Waals surface area contributed by atoms with E-state index in [2.05, 4.69) is 10.1 Å². The Morgan fingerprint density at radius 2 is 1.62 bits per heavy atom. The van der Waals surface area contributed by atoms with Gasteiger partial charge in [-0.25, -0.2) is 4.98 Å². The van der Waals surface area contributed by atoms with Gasteiger partial charge in [0.1, 0.15) is 11.9 Å².